The predicted octanol–water partition coefficient (Wildman–Crippen LogP) is 3.66. The second kappa shape index (κ2) is 8.37. The van der Waals surface area contributed by atoms with Gasteiger partial charge >= 0.3 is 0 Å². The Morgan fingerprint density at radius 3 is 2.84 bits per heavy atom. The van der Waals surface area contributed by atoms with E-state index in [-0.39, 0.29) is 29.4 Å². The number of nitrogens with one attached hydrogen (secondary N) is 1. The number of allylic oxidation sites excluding steroid dienone is 4. The second-order valence-corrected chi connectivity index (χ2v) is 8.02. The van der Waals surface area contributed by atoms with Crippen molar-refractivity contribution in [1.82, 2.24) is 20.3 Å². The van der Waals surface area contributed by atoms with Crippen LogP contribution in [0.1, 0.15) is 34.9 Å². The topological polar surface area (TPSA) is 91.2 Å². The maximum atomic E-state index is 14.1. The highest BCUT2D eigenvalue weighted by atomic mass is 19.1. The van der Waals surface area contributed by atoms with Crippen molar-refractivity contribution in [3.8, 4) is 0 Å². The van der Waals surface area contributed by atoms with Gasteiger partial charge in [0.2, 0.25) is 0 Å². The number of benzene rings is 1. The molecule has 2 aromatic heterocycles. The fourth-order valence-corrected chi connectivity index (χ4v) is 4.20. The molecule has 1 aliphatic heterocycles. The summed E-state index contributed by atoms with van der Waals surface area (Å²) in [6.07, 6.45) is 9.92. The first kappa shape index (κ1) is 20.1. The van der Waals surface area contributed by atoms with E-state index in [0.717, 1.165) is 6.42 Å². The Bertz CT molecular complexity index is 1230. The Morgan fingerprint density at radius 1 is 1.19 bits per heavy atom. The third-order valence-corrected chi connectivity index (χ3v) is 5.86. The average molecular weight is 431 g/mol. The lowest BCUT2D eigenvalue weighted by atomic mass is 9.97. The number of hydrogen-bond donors (Lipinski definition) is 2. The van der Waals surface area contributed by atoms with Crippen LogP contribution in [0.15, 0.2) is 66.7 Å². The van der Waals surface area contributed by atoms with Crippen LogP contribution in [0, 0.1) is 5.82 Å². The lowest BCUT2D eigenvalue weighted by Crippen LogP contribution is -2.37. The van der Waals surface area contributed by atoms with Crippen LogP contribution in [-0.4, -0.2) is 45.1 Å². The zero-order valence-electron chi connectivity index (χ0n) is 17.3. The first-order chi connectivity index (χ1) is 15.6. The van der Waals surface area contributed by atoms with Gasteiger partial charge in [-0.2, -0.15) is 0 Å². The van der Waals surface area contributed by atoms with Gasteiger partial charge in [0, 0.05) is 42.5 Å². The predicted molar refractivity (Wildman–Crippen MR) is 119 cm³/mol. The molecule has 2 N–H and O–H groups in total. The molecule has 0 spiro atoms. The third-order valence-electron chi connectivity index (χ3n) is 5.86. The average Bonchev–Trinajstić information content (AvgIpc) is 3.27. The van der Waals surface area contributed by atoms with Crippen molar-refractivity contribution in [3.05, 3.63) is 83.9 Å². The number of pyridine rings is 1. The molecule has 2 unspecified atom stereocenters. The van der Waals surface area contributed by atoms with E-state index in [9.17, 15) is 14.3 Å². The third kappa shape index (κ3) is 3.91. The van der Waals surface area contributed by atoms with Crippen molar-refractivity contribution in [2.24, 2.45) is 0 Å². The molecule has 162 valence electrons. The first-order valence-electron chi connectivity index (χ1n) is 10.6. The number of carbonyl (C=O) groups is 1. The Balaban J connectivity index is 1.44. The number of amides is 1. The van der Waals surface area contributed by atoms with Gasteiger partial charge in [-0.3, -0.25) is 9.78 Å². The van der Waals surface area contributed by atoms with Gasteiger partial charge in [0.15, 0.2) is 0 Å². The van der Waals surface area contributed by atoms with E-state index in [0.29, 0.717) is 47.6 Å². The maximum Gasteiger partial charge on any atom is 0.251 e. The summed E-state index contributed by atoms with van der Waals surface area (Å²) in [6, 6.07) is 7.73. The van der Waals surface area contributed by atoms with Crippen LogP contribution in [0.5, 0.6) is 0 Å². The lowest BCUT2D eigenvalue weighted by Gasteiger charge is -2.23. The number of hydrogen-bond acceptors (Lipinski definition) is 6. The number of aliphatic hydroxyl groups excluding tert-OH is 1. The normalized spacial score (nSPS) is 20.4. The Labute approximate surface area is 184 Å². The fraction of sp³-hybridized carbons (Fsp3) is 0.250. The molecule has 2 atom stereocenters. The zero-order valence-corrected chi connectivity index (χ0v) is 17.3. The van der Waals surface area contributed by atoms with Crippen LogP contribution in [-0.2, 0) is 0 Å². The Hall–Kier alpha value is -3.81. The number of nitrogens with zero attached hydrogens (tertiary/aromatic N) is 4. The SMILES string of the molecule is O=C(NC1CCN(c2nc(C3CC=CC=C3O)nc3ccc(F)cc23)C1)c1ccncc1. The molecule has 0 bridgehead atoms. The van der Waals surface area contributed by atoms with Gasteiger partial charge in [-0.1, -0.05) is 12.2 Å². The van der Waals surface area contributed by atoms with Crippen molar-refractivity contribution in [3.63, 3.8) is 0 Å². The molecule has 5 rings (SSSR count). The minimum Gasteiger partial charge on any atom is -0.512 e. The molecule has 7 nitrogen and oxygen atoms in total. The molecule has 1 aliphatic carbocycles. The van der Waals surface area contributed by atoms with Gasteiger partial charge in [0.25, 0.3) is 5.91 Å². The highest BCUT2D eigenvalue weighted by molar-refractivity contribution is 5.94. The number of aromatic nitrogens is 3. The molecule has 3 heterocycles. The van der Waals surface area contributed by atoms with E-state index >= 15 is 0 Å². The van der Waals surface area contributed by atoms with Gasteiger partial charge in [0.05, 0.1) is 11.4 Å². The monoisotopic (exact) mass is 431 g/mol. The highest BCUT2D eigenvalue weighted by Gasteiger charge is 2.29. The first-order valence-corrected chi connectivity index (χ1v) is 10.6. The standard InChI is InChI=1S/C24H22FN5O2/c25-16-5-6-20-19(13-16)23(29-22(28-20)18-3-1-2-4-21(18)31)30-12-9-17(14-30)27-24(32)15-7-10-26-11-8-15/h1-2,4-8,10-11,13,17-18,31H,3,9,12,14H2,(H,27,32). The van der Waals surface area contributed by atoms with Crippen LogP contribution >= 0.6 is 0 Å². The number of halogens is 1. The van der Waals surface area contributed by atoms with E-state index in [1.165, 1.54) is 12.1 Å². The van der Waals surface area contributed by atoms with Crippen molar-refractivity contribution in [2.75, 3.05) is 18.0 Å². The van der Waals surface area contributed by atoms with Crippen LogP contribution in [0.3, 0.4) is 0 Å². The van der Waals surface area contributed by atoms with Crippen LogP contribution < -0.4 is 10.2 Å². The molecule has 2 aliphatic rings. The van der Waals surface area contributed by atoms with Crippen LogP contribution in [0.4, 0.5) is 10.2 Å². The summed E-state index contributed by atoms with van der Waals surface area (Å²) in [6.45, 7) is 1.21. The van der Waals surface area contributed by atoms with Crippen molar-refractivity contribution in [1.29, 1.82) is 0 Å². The summed E-state index contributed by atoms with van der Waals surface area (Å²) >= 11 is 0. The minimum atomic E-state index is -0.361. The van der Waals surface area contributed by atoms with Crippen molar-refractivity contribution >= 4 is 22.6 Å². The molecule has 3 aromatic rings. The van der Waals surface area contributed by atoms with Gasteiger partial charge < -0.3 is 15.3 Å². The molecular formula is C24H22FN5O2. The van der Waals surface area contributed by atoms with E-state index in [2.05, 4.69) is 15.3 Å². The lowest BCUT2D eigenvalue weighted by molar-refractivity contribution is 0.0940. The van der Waals surface area contributed by atoms with E-state index in [1.807, 2.05) is 11.0 Å². The number of carbonyl (C=O) groups excluding carboxylic acids is 1. The summed E-state index contributed by atoms with van der Waals surface area (Å²) in [7, 11) is 0. The molecule has 0 saturated carbocycles. The summed E-state index contributed by atoms with van der Waals surface area (Å²) in [5.74, 6) is 0.485. The smallest absolute Gasteiger partial charge is 0.251 e. The van der Waals surface area contributed by atoms with Gasteiger partial charge in [0.1, 0.15) is 23.2 Å². The van der Waals surface area contributed by atoms with E-state index in [1.54, 1.807) is 42.7 Å². The zero-order chi connectivity index (χ0) is 22.1. The number of anilines is 1. The molecule has 1 amide bonds. The van der Waals surface area contributed by atoms with Crippen molar-refractivity contribution in [2.45, 2.75) is 24.8 Å². The molecule has 0 radical (unpaired) electrons. The molecule has 1 saturated heterocycles. The molecule has 1 aromatic carbocycles. The maximum absolute atomic E-state index is 14.1. The Kier molecular flexibility index (Phi) is 5.26. The number of aliphatic hydroxyl groups is 1. The van der Waals surface area contributed by atoms with Gasteiger partial charge in [-0.15, -0.1) is 0 Å². The Morgan fingerprint density at radius 2 is 2.03 bits per heavy atom. The summed E-state index contributed by atoms with van der Waals surface area (Å²) < 4.78 is 14.1. The molecule has 32 heavy (non-hydrogen) atoms. The fourth-order valence-electron chi connectivity index (χ4n) is 4.20. The summed E-state index contributed by atoms with van der Waals surface area (Å²) in [5, 5.41) is 14.0. The summed E-state index contributed by atoms with van der Waals surface area (Å²) in [4.78, 5) is 27.9. The molecular weight excluding hydrogens is 409 g/mol. The quantitative estimate of drug-likeness (QED) is 0.655. The van der Waals surface area contributed by atoms with Crippen LogP contribution in [0.25, 0.3) is 10.9 Å². The molecule has 1 fully saturated rings. The minimum absolute atomic E-state index is 0.0661. The second-order valence-electron chi connectivity index (χ2n) is 8.02. The van der Waals surface area contributed by atoms with Gasteiger partial charge in [-0.25, -0.2) is 14.4 Å². The van der Waals surface area contributed by atoms with E-state index in [4.69, 9.17) is 4.98 Å². The largest absolute Gasteiger partial charge is 0.512 e. The number of rotatable bonds is 4. The van der Waals surface area contributed by atoms with Gasteiger partial charge in [-0.05, 0) is 49.2 Å². The molecule has 8 heteroatoms. The number of fused-ring (bicyclic) bond motifs is 1. The highest BCUT2D eigenvalue weighted by Crippen LogP contribution is 2.33. The van der Waals surface area contributed by atoms with Crippen molar-refractivity contribution < 1.29 is 14.3 Å². The van der Waals surface area contributed by atoms with E-state index < -0.39 is 0 Å². The summed E-state index contributed by atoms with van der Waals surface area (Å²) in [5.41, 5.74) is 1.18. The van der Waals surface area contributed by atoms with Crippen LogP contribution in [0.2, 0.25) is 0 Å².